The molecule has 1 aromatic rings. The quantitative estimate of drug-likeness (QED) is 0.820. The Bertz CT molecular complexity index is 641. The third-order valence-corrected chi connectivity index (χ3v) is 5.87. The number of amides is 2. The lowest BCUT2D eigenvalue weighted by molar-refractivity contribution is -0.135. The zero-order valence-corrected chi connectivity index (χ0v) is 15.4. The molecule has 2 atom stereocenters. The second-order valence-electron chi connectivity index (χ2n) is 7.06. The van der Waals surface area contributed by atoms with Crippen LogP contribution in [0.2, 0.25) is 0 Å². The fourth-order valence-electron chi connectivity index (χ4n) is 4.75. The Morgan fingerprint density at radius 1 is 1.44 bits per heavy atom. The maximum atomic E-state index is 13.1. The van der Waals surface area contributed by atoms with Crippen molar-refractivity contribution in [2.24, 2.45) is 0 Å². The van der Waals surface area contributed by atoms with E-state index in [1.165, 1.54) is 0 Å². The van der Waals surface area contributed by atoms with Crippen molar-refractivity contribution in [3.8, 4) is 0 Å². The minimum atomic E-state index is -0.254. The topological polar surface area (TPSA) is 63.0 Å². The van der Waals surface area contributed by atoms with Crippen LogP contribution in [0.3, 0.4) is 0 Å². The van der Waals surface area contributed by atoms with Gasteiger partial charge in [0.2, 0.25) is 5.91 Å². The Labute approximate surface area is 149 Å². The van der Waals surface area contributed by atoms with E-state index in [0.29, 0.717) is 30.9 Å². The number of furan rings is 1. The monoisotopic (exact) mass is 348 g/mol. The summed E-state index contributed by atoms with van der Waals surface area (Å²) in [7, 11) is 1.66. The normalized spacial score (nSPS) is 26.7. The molecule has 6 heteroatoms. The van der Waals surface area contributed by atoms with Gasteiger partial charge >= 0.3 is 0 Å². The Balaban J connectivity index is 1.91. The molecule has 0 N–H and O–H groups in total. The third kappa shape index (κ3) is 2.97. The Morgan fingerprint density at radius 2 is 2.24 bits per heavy atom. The number of carbonyl (C=O) groups is 2. The number of carbonyl (C=O) groups excluding carboxylic acids is 2. The summed E-state index contributed by atoms with van der Waals surface area (Å²) in [4.78, 5) is 29.6. The zero-order chi connectivity index (χ0) is 18.0. The first-order chi connectivity index (χ1) is 12.0. The van der Waals surface area contributed by atoms with Gasteiger partial charge in [-0.3, -0.25) is 9.59 Å². The number of hydrogen-bond donors (Lipinski definition) is 0. The van der Waals surface area contributed by atoms with Crippen LogP contribution in [0.5, 0.6) is 0 Å². The predicted molar refractivity (Wildman–Crippen MR) is 93.3 cm³/mol. The van der Waals surface area contributed by atoms with Crippen LogP contribution >= 0.6 is 0 Å². The predicted octanol–water partition coefficient (Wildman–Crippen LogP) is 2.61. The first-order valence-corrected chi connectivity index (χ1v) is 9.19. The molecular formula is C19H28N2O4. The highest BCUT2D eigenvalue weighted by Crippen LogP contribution is 2.43. The molecule has 2 saturated heterocycles. The summed E-state index contributed by atoms with van der Waals surface area (Å²) < 4.78 is 10.5. The van der Waals surface area contributed by atoms with Crippen molar-refractivity contribution in [1.82, 2.24) is 9.80 Å². The van der Waals surface area contributed by atoms with Crippen molar-refractivity contribution in [3.63, 3.8) is 0 Å². The van der Waals surface area contributed by atoms with E-state index in [-0.39, 0.29) is 23.4 Å². The molecule has 3 heterocycles. The van der Waals surface area contributed by atoms with Gasteiger partial charge in [0.05, 0.1) is 30.0 Å². The average molecular weight is 348 g/mol. The minimum Gasteiger partial charge on any atom is -0.469 e. The van der Waals surface area contributed by atoms with E-state index >= 15 is 0 Å². The van der Waals surface area contributed by atoms with E-state index < -0.39 is 0 Å². The van der Waals surface area contributed by atoms with Crippen LogP contribution in [0, 0.1) is 6.92 Å². The second kappa shape index (κ2) is 7.20. The van der Waals surface area contributed by atoms with Crippen LogP contribution < -0.4 is 0 Å². The van der Waals surface area contributed by atoms with Gasteiger partial charge in [-0.05, 0) is 38.7 Å². The molecule has 1 spiro atoms. The molecule has 0 bridgehead atoms. The summed E-state index contributed by atoms with van der Waals surface area (Å²) in [5, 5.41) is 0. The molecule has 0 aromatic carbocycles. The molecule has 0 saturated carbocycles. The molecule has 2 aliphatic rings. The van der Waals surface area contributed by atoms with E-state index in [1.807, 2.05) is 16.7 Å². The van der Waals surface area contributed by atoms with Crippen molar-refractivity contribution >= 4 is 11.8 Å². The van der Waals surface area contributed by atoms with Crippen LogP contribution in [0.25, 0.3) is 0 Å². The van der Waals surface area contributed by atoms with E-state index in [9.17, 15) is 9.59 Å². The number of rotatable bonds is 5. The molecule has 3 rings (SSSR count). The lowest BCUT2D eigenvalue weighted by Crippen LogP contribution is -2.64. The highest BCUT2D eigenvalue weighted by Gasteiger charge is 2.54. The fourth-order valence-corrected chi connectivity index (χ4v) is 4.75. The van der Waals surface area contributed by atoms with Gasteiger partial charge in [-0.25, -0.2) is 0 Å². The van der Waals surface area contributed by atoms with Crippen molar-refractivity contribution in [2.45, 2.75) is 57.5 Å². The first kappa shape index (κ1) is 18.0. The molecule has 0 aliphatic carbocycles. The summed E-state index contributed by atoms with van der Waals surface area (Å²) in [5.41, 5.74) is 0.374. The third-order valence-electron chi connectivity index (χ3n) is 5.87. The number of hydrogen-bond acceptors (Lipinski definition) is 4. The molecule has 6 nitrogen and oxygen atoms in total. The lowest BCUT2D eigenvalue weighted by atomic mass is 9.77. The SMILES string of the molecule is CC[C@H]1N(C(=O)c2ccoc2C)CCC[C@@]12CCC(=O)N2CCOC. The molecule has 0 unspecified atom stereocenters. The van der Waals surface area contributed by atoms with Gasteiger partial charge in [0.25, 0.3) is 5.91 Å². The van der Waals surface area contributed by atoms with Crippen LogP contribution in [0.15, 0.2) is 16.7 Å². The maximum Gasteiger partial charge on any atom is 0.257 e. The van der Waals surface area contributed by atoms with Crippen molar-refractivity contribution in [3.05, 3.63) is 23.7 Å². The molecule has 2 fully saturated rings. The summed E-state index contributed by atoms with van der Waals surface area (Å²) in [6, 6.07) is 1.78. The molecular weight excluding hydrogens is 320 g/mol. The van der Waals surface area contributed by atoms with Gasteiger partial charge in [0.1, 0.15) is 5.76 Å². The van der Waals surface area contributed by atoms with Crippen LogP contribution in [0.4, 0.5) is 0 Å². The summed E-state index contributed by atoms with van der Waals surface area (Å²) in [5.74, 6) is 0.853. The first-order valence-electron chi connectivity index (χ1n) is 9.19. The molecule has 25 heavy (non-hydrogen) atoms. The number of methoxy groups -OCH3 is 1. The maximum absolute atomic E-state index is 13.1. The van der Waals surface area contributed by atoms with Gasteiger partial charge in [-0.1, -0.05) is 6.92 Å². The number of piperidine rings is 1. The number of ether oxygens (including phenoxy) is 1. The summed E-state index contributed by atoms with van der Waals surface area (Å²) >= 11 is 0. The van der Waals surface area contributed by atoms with Gasteiger partial charge in [-0.15, -0.1) is 0 Å². The van der Waals surface area contributed by atoms with E-state index in [4.69, 9.17) is 9.15 Å². The number of likely N-dealkylation sites (tertiary alicyclic amines) is 2. The van der Waals surface area contributed by atoms with Crippen LogP contribution in [-0.4, -0.2) is 60.0 Å². The van der Waals surface area contributed by atoms with Gasteiger partial charge < -0.3 is 19.0 Å². The highest BCUT2D eigenvalue weighted by molar-refractivity contribution is 5.95. The van der Waals surface area contributed by atoms with E-state index in [0.717, 1.165) is 32.2 Å². The van der Waals surface area contributed by atoms with E-state index in [2.05, 4.69) is 6.92 Å². The van der Waals surface area contributed by atoms with Gasteiger partial charge in [0, 0.05) is 26.6 Å². The molecule has 1 aromatic heterocycles. The zero-order valence-electron chi connectivity index (χ0n) is 15.4. The lowest BCUT2D eigenvalue weighted by Gasteiger charge is -2.52. The van der Waals surface area contributed by atoms with Crippen LogP contribution in [0.1, 0.15) is 55.1 Å². The second-order valence-corrected chi connectivity index (χ2v) is 7.06. The Morgan fingerprint density at radius 3 is 2.88 bits per heavy atom. The van der Waals surface area contributed by atoms with Crippen molar-refractivity contribution < 1.29 is 18.7 Å². The highest BCUT2D eigenvalue weighted by atomic mass is 16.5. The van der Waals surface area contributed by atoms with Gasteiger partial charge in [-0.2, -0.15) is 0 Å². The van der Waals surface area contributed by atoms with E-state index in [1.54, 1.807) is 19.4 Å². The molecule has 0 radical (unpaired) electrons. The fraction of sp³-hybridized carbons (Fsp3) is 0.684. The minimum absolute atomic E-state index is 0.0169. The Kier molecular flexibility index (Phi) is 5.18. The smallest absolute Gasteiger partial charge is 0.257 e. The van der Waals surface area contributed by atoms with Crippen molar-refractivity contribution in [2.75, 3.05) is 26.8 Å². The largest absolute Gasteiger partial charge is 0.469 e. The summed E-state index contributed by atoms with van der Waals surface area (Å²) in [6.07, 6.45) is 5.65. The number of nitrogens with zero attached hydrogens (tertiary/aromatic N) is 2. The van der Waals surface area contributed by atoms with Gasteiger partial charge in [0.15, 0.2) is 0 Å². The average Bonchev–Trinajstić information content (AvgIpc) is 3.17. The standard InChI is InChI=1S/C19H28N2O4/c1-4-16-19(9-6-17(22)21(19)11-13-24-3)8-5-10-20(16)18(23)15-7-12-25-14(15)2/h7,12,16H,4-6,8-11,13H2,1-3H3/t16-,19-/m1/s1. The molecule has 2 aliphatic heterocycles. The van der Waals surface area contributed by atoms with Crippen molar-refractivity contribution in [1.29, 1.82) is 0 Å². The van der Waals surface area contributed by atoms with Crippen LogP contribution in [-0.2, 0) is 9.53 Å². The Hall–Kier alpha value is -1.82. The molecule has 138 valence electrons. The number of aryl methyl sites for hydroxylation is 1. The summed E-state index contributed by atoms with van der Waals surface area (Å²) in [6.45, 7) is 5.78. The molecule has 2 amide bonds.